The van der Waals surface area contributed by atoms with Gasteiger partial charge in [0.25, 0.3) is 11.8 Å². The van der Waals surface area contributed by atoms with Gasteiger partial charge in [-0.3, -0.25) is 19.6 Å². The SMILES string of the molecule is O=C(NC1CCN(C(=O)c2ccccc2CSC2=NCCS2)CC1)c1cccnc1. The van der Waals surface area contributed by atoms with Crippen molar-refractivity contribution >= 4 is 39.7 Å². The normalized spacial score (nSPS) is 16.9. The van der Waals surface area contributed by atoms with Gasteiger partial charge in [0, 0.05) is 48.6 Å². The molecule has 2 amide bonds. The molecule has 0 atom stereocenters. The summed E-state index contributed by atoms with van der Waals surface area (Å²) in [5, 5.41) is 3.06. The molecule has 1 fully saturated rings. The van der Waals surface area contributed by atoms with E-state index in [1.54, 1.807) is 48.1 Å². The molecule has 6 nitrogen and oxygen atoms in total. The summed E-state index contributed by atoms with van der Waals surface area (Å²) in [4.78, 5) is 35.9. The molecule has 1 aromatic carbocycles. The number of amides is 2. The monoisotopic (exact) mass is 440 g/mol. The van der Waals surface area contributed by atoms with Gasteiger partial charge in [0.15, 0.2) is 0 Å². The predicted octanol–water partition coefficient (Wildman–Crippen LogP) is 3.45. The number of likely N-dealkylation sites (tertiary alicyclic amines) is 1. The number of piperidine rings is 1. The third-order valence-corrected chi connectivity index (χ3v) is 7.50. The van der Waals surface area contributed by atoms with Crippen molar-refractivity contribution in [1.29, 1.82) is 0 Å². The number of aromatic nitrogens is 1. The molecule has 2 aromatic rings. The molecule has 0 spiro atoms. The summed E-state index contributed by atoms with van der Waals surface area (Å²) in [6.45, 7) is 2.17. The summed E-state index contributed by atoms with van der Waals surface area (Å²) in [5.74, 6) is 1.77. The standard InChI is InChI=1S/C22H24N4O2S2/c27-20(16-5-3-9-23-14-16)25-18-7-11-26(12-8-18)21(28)19-6-2-1-4-17(19)15-30-22-24-10-13-29-22/h1-6,9,14,18H,7-8,10-13,15H2,(H,25,27). The summed E-state index contributed by atoms with van der Waals surface area (Å²) in [7, 11) is 0. The molecule has 1 N–H and O–H groups in total. The Bertz CT molecular complexity index is 928. The Labute approximate surface area is 184 Å². The van der Waals surface area contributed by atoms with E-state index in [1.807, 2.05) is 29.2 Å². The van der Waals surface area contributed by atoms with Crippen molar-refractivity contribution in [1.82, 2.24) is 15.2 Å². The van der Waals surface area contributed by atoms with Gasteiger partial charge in [-0.05, 0) is 36.6 Å². The molecule has 0 saturated carbocycles. The highest BCUT2D eigenvalue weighted by Gasteiger charge is 2.26. The molecule has 0 aliphatic carbocycles. The Morgan fingerprint density at radius 3 is 2.73 bits per heavy atom. The van der Waals surface area contributed by atoms with E-state index < -0.39 is 0 Å². The highest BCUT2D eigenvalue weighted by atomic mass is 32.2. The number of rotatable bonds is 5. The second-order valence-electron chi connectivity index (χ2n) is 7.22. The molecule has 0 radical (unpaired) electrons. The Morgan fingerprint density at radius 1 is 1.17 bits per heavy atom. The van der Waals surface area contributed by atoms with Crippen molar-refractivity contribution in [2.75, 3.05) is 25.4 Å². The Morgan fingerprint density at radius 2 is 2.00 bits per heavy atom. The lowest BCUT2D eigenvalue weighted by atomic mass is 10.0. The lowest BCUT2D eigenvalue weighted by molar-refractivity contribution is 0.0697. The van der Waals surface area contributed by atoms with Crippen molar-refractivity contribution < 1.29 is 9.59 Å². The summed E-state index contributed by atoms with van der Waals surface area (Å²) >= 11 is 3.50. The van der Waals surface area contributed by atoms with Crippen LogP contribution in [0.5, 0.6) is 0 Å². The van der Waals surface area contributed by atoms with Crippen LogP contribution in [0.4, 0.5) is 0 Å². The van der Waals surface area contributed by atoms with Crippen LogP contribution in [-0.2, 0) is 5.75 Å². The lowest BCUT2D eigenvalue weighted by Gasteiger charge is -2.33. The second kappa shape index (κ2) is 10.1. The van der Waals surface area contributed by atoms with Crippen molar-refractivity contribution in [2.45, 2.75) is 24.6 Å². The van der Waals surface area contributed by atoms with E-state index in [1.165, 1.54) is 0 Å². The van der Waals surface area contributed by atoms with Crippen LogP contribution in [0.15, 0.2) is 53.8 Å². The smallest absolute Gasteiger partial charge is 0.254 e. The average molecular weight is 441 g/mol. The maximum absolute atomic E-state index is 13.2. The molecule has 8 heteroatoms. The van der Waals surface area contributed by atoms with Crippen LogP contribution in [0.25, 0.3) is 0 Å². The third-order valence-electron chi connectivity index (χ3n) is 5.20. The Hall–Kier alpha value is -2.32. The van der Waals surface area contributed by atoms with Crippen LogP contribution in [-0.4, -0.2) is 57.5 Å². The Balaban J connectivity index is 1.32. The van der Waals surface area contributed by atoms with E-state index >= 15 is 0 Å². The quantitative estimate of drug-likeness (QED) is 0.771. The van der Waals surface area contributed by atoms with E-state index in [4.69, 9.17) is 0 Å². The van der Waals surface area contributed by atoms with Gasteiger partial charge in [0.1, 0.15) is 4.38 Å². The number of carbonyl (C=O) groups is 2. The van der Waals surface area contributed by atoms with Crippen LogP contribution >= 0.6 is 23.5 Å². The minimum absolute atomic E-state index is 0.0734. The fourth-order valence-corrected chi connectivity index (χ4v) is 5.57. The van der Waals surface area contributed by atoms with Crippen LogP contribution < -0.4 is 5.32 Å². The first-order valence-electron chi connectivity index (χ1n) is 10.1. The van der Waals surface area contributed by atoms with Gasteiger partial charge in [0.05, 0.1) is 12.1 Å². The minimum atomic E-state index is -0.108. The Kier molecular flexibility index (Phi) is 7.07. The first-order chi connectivity index (χ1) is 14.7. The number of hydrogen-bond acceptors (Lipinski definition) is 6. The topological polar surface area (TPSA) is 74.7 Å². The molecular weight excluding hydrogens is 416 g/mol. The molecule has 1 aromatic heterocycles. The molecular formula is C22H24N4O2S2. The van der Waals surface area contributed by atoms with Crippen LogP contribution in [0.3, 0.4) is 0 Å². The first kappa shape index (κ1) is 20.9. The first-order valence-corrected chi connectivity index (χ1v) is 12.1. The number of carbonyl (C=O) groups excluding carboxylic acids is 2. The summed E-state index contributed by atoms with van der Waals surface area (Å²) in [6.07, 6.45) is 4.72. The number of pyridine rings is 1. The van der Waals surface area contributed by atoms with E-state index in [-0.39, 0.29) is 17.9 Å². The largest absolute Gasteiger partial charge is 0.349 e. The molecule has 2 aliphatic heterocycles. The highest BCUT2D eigenvalue weighted by molar-refractivity contribution is 8.38. The van der Waals surface area contributed by atoms with Gasteiger partial charge in [-0.25, -0.2) is 0 Å². The zero-order valence-corrected chi connectivity index (χ0v) is 18.3. The van der Waals surface area contributed by atoms with Gasteiger partial charge in [-0.15, -0.1) is 0 Å². The number of nitrogens with zero attached hydrogens (tertiary/aromatic N) is 3. The van der Waals surface area contributed by atoms with Gasteiger partial charge < -0.3 is 10.2 Å². The zero-order chi connectivity index (χ0) is 20.8. The van der Waals surface area contributed by atoms with E-state index in [9.17, 15) is 9.59 Å². The molecule has 0 unspecified atom stereocenters. The van der Waals surface area contributed by atoms with Crippen molar-refractivity contribution in [3.63, 3.8) is 0 Å². The molecule has 2 aliphatic rings. The van der Waals surface area contributed by atoms with Crippen molar-refractivity contribution in [3.05, 3.63) is 65.5 Å². The molecule has 4 rings (SSSR count). The molecule has 3 heterocycles. The van der Waals surface area contributed by atoms with E-state index in [0.717, 1.165) is 46.4 Å². The fourth-order valence-electron chi connectivity index (χ4n) is 3.56. The molecule has 0 bridgehead atoms. The molecule has 30 heavy (non-hydrogen) atoms. The predicted molar refractivity (Wildman–Crippen MR) is 123 cm³/mol. The summed E-state index contributed by atoms with van der Waals surface area (Å²) in [6, 6.07) is 11.4. The van der Waals surface area contributed by atoms with Gasteiger partial charge in [-0.2, -0.15) is 0 Å². The van der Waals surface area contributed by atoms with Crippen molar-refractivity contribution in [3.8, 4) is 0 Å². The van der Waals surface area contributed by atoms with Gasteiger partial charge in [0.2, 0.25) is 0 Å². The number of thioether (sulfide) groups is 2. The third kappa shape index (κ3) is 5.23. The number of benzene rings is 1. The maximum Gasteiger partial charge on any atom is 0.254 e. The van der Waals surface area contributed by atoms with Crippen molar-refractivity contribution in [2.24, 2.45) is 4.99 Å². The number of nitrogens with one attached hydrogen (secondary N) is 1. The fraction of sp³-hybridized carbons (Fsp3) is 0.364. The van der Waals surface area contributed by atoms with Crippen LogP contribution in [0.1, 0.15) is 39.1 Å². The van der Waals surface area contributed by atoms with Crippen LogP contribution in [0.2, 0.25) is 0 Å². The summed E-state index contributed by atoms with van der Waals surface area (Å²) < 4.78 is 1.11. The average Bonchev–Trinajstić information content (AvgIpc) is 3.32. The minimum Gasteiger partial charge on any atom is -0.349 e. The molecule has 156 valence electrons. The van der Waals surface area contributed by atoms with Gasteiger partial charge in [-0.1, -0.05) is 41.7 Å². The van der Waals surface area contributed by atoms with E-state index in [2.05, 4.69) is 15.3 Å². The summed E-state index contributed by atoms with van der Waals surface area (Å²) in [5.41, 5.74) is 2.38. The van der Waals surface area contributed by atoms with E-state index in [0.29, 0.717) is 18.7 Å². The van der Waals surface area contributed by atoms with Crippen LogP contribution in [0, 0.1) is 0 Å². The molecule has 1 saturated heterocycles. The van der Waals surface area contributed by atoms with Gasteiger partial charge >= 0.3 is 0 Å². The second-order valence-corrected chi connectivity index (χ2v) is 9.53. The lowest BCUT2D eigenvalue weighted by Crippen LogP contribution is -2.46. The maximum atomic E-state index is 13.2. The highest BCUT2D eigenvalue weighted by Crippen LogP contribution is 2.27. The number of hydrogen-bond donors (Lipinski definition) is 1. The number of aliphatic imine (C=N–C) groups is 1. The zero-order valence-electron chi connectivity index (χ0n) is 16.6.